The van der Waals surface area contributed by atoms with E-state index in [2.05, 4.69) is 10.6 Å². The minimum atomic E-state index is -0.779. The first kappa shape index (κ1) is 22.7. The molecule has 4 rings (SSSR count). The first-order chi connectivity index (χ1) is 16.0. The molecule has 0 spiro atoms. The van der Waals surface area contributed by atoms with E-state index in [1.807, 2.05) is 48.5 Å². The molecule has 1 aromatic heterocycles. The lowest BCUT2D eigenvalue weighted by atomic mass is 10.1. The molecule has 3 N–H and O–H groups in total. The number of benzene rings is 2. The van der Waals surface area contributed by atoms with Gasteiger partial charge in [0.15, 0.2) is 0 Å². The summed E-state index contributed by atoms with van der Waals surface area (Å²) in [5.74, 6) is -1.47. The summed E-state index contributed by atoms with van der Waals surface area (Å²) in [5.41, 5.74) is 1.96. The van der Waals surface area contributed by atoms with E-state index in [9.17, 15) is 19.5 Å². The van der Waals surface area contributed by atoms with Crippen LogP contribution in [-0.2, 0) is 20.9 Å². The van der Waals surface area contributed by atoms with Crippen LogP contribution in [0, 0.1) is 0 Å². The van der Waals surface area contributed by atoms with E-state index in [-0.39, 0.29) is 12.5 Å². The third kappa shape index (κ3) is 5.66. The number of anilines is 2. The van der Waals surface area contributed by atoms with Crippen molar-refractivity contribution in [3.63, 3.8) is 0 Å². The monoisotopic (exact) mass is 463 g/mol. The molecule has 33 heavy (non-hydrogen) atoms. The highest BCUT2D eigenvalue weighted by Crippen LogP contribution is 2.28. The molecule has 3 aromatic rings. The Morgan fingerprint density at radius 3 is 2.61 bits per heavy atom. The van der Waals surface area contributed by atoms with Gasteiger partial charge in [0.1, 0.15) is 6.10 Å². The third-order valence-electron chi connectivity index (χ3n) is 5.44. The van der Waals surface area contributed by atoms with Gasteiger partial charge in [-0.3, -0.25) is 14.4 Å². The van der Waals surface area contributed by atoms with Crippen LogP contribution in [0.25, 0.3) is 0 Å². The molecule has 7 nitrogen and oxygen atoms in total. The number of carbonyl (C=O) groups excluding carboxylic acids is 3. The molecule has 0 bridgehead atoms. The molecule has 0 saturated carbocycles. The molecule has 0 radical (unpaired) electrons. The number of aliphatic hydroxyl groups excluding tert-OH is 1. The zero-order chi connectivity index (χ0) is 23.2. The second-order valence-electron chi connectivity index (χ2n) is 7.81. The summed E-state index contributed by atoms with van der Waals surface area (Å²) in [7, 11) is 0. The average Bonchev–Trinajstić information content (AvgIpc) is 3.32. The Labute approximate surface area is 196 Å². The molecular formula is C25H25N3O4S. The maximum Gasteiger partial charge on any atom is 0.313 e. The average molecular weight is 464 g/mol. The number of piperidine rings is 1. The van der Waals surface area contributed by atoms with Crippen molar-refractivity contribution < 1.29 is 19.5 Å². The van der Waals surface area contributed by atoms with Crippen molar-refractivity contribution in [2.75, 3.05) is 16.8 Å². The van der Waals surface area contributed by atoms with Crippen molar-refractivity contribution in [3.05, 3.63) is 82.0 Å². The van der Waals surface area contributed by atoms with E-state index in [1.54, 1.807) is 23.1 Å². The maximum atomic E-state index is 12.3. The zero-order valence-electron chi connectivity index (χ0n) is 18.0. The minimum absolute atomic E-state index is 0.0650. The van der Waals surface area contributed by atoms with E-state index in [4.69, 9.17) is 0 Å². The number of amides is 3. The number of nitrogens with one attached hydrogen (secondary N) is 2. The molecule has 2 heterocycles. The Morgan fingerprint density at radius 2 is 1.82 bits per heavy atom. The van der Waals surface area contributed by atoms with Gasteiger partial charge in [-0.15, -0.1) is 11.3 Å². The standard InChI is InChI=1S/C25H25N3O4S/c29-22-11-4-5-14-28(22)19-10-6-9-18(15-19)27-25(32)24(31)26-16-20-12-13-21(33-20)23(30)17-7-2-1-3-8-17/h1-3,6-10,12-13,15,23,30H,4-5,11,14,16H2,(H,26,31)(H,27,32). The van der Waals surface area contributed by atoms with E-state index < -0.39 is 17.9 Å². The van der Waals surface area contributed by atoms with Crippen LogP contribution in [0.1, 0.15) is 40.7 Å². The van der Waals surface area contributed by atoms with Crippen molar-refractivity contribution >= 4 is 40.4 Å². The fourth-order valence-electron chi connectivity index (χ4n) is 3.70. The molecule has 1 aliphatic rings. The summed E-state index contributed by atoms with van der Waals surface area (Å²) in [6, 6.07) is 19.9. The predicted octanol–water partition coefficient (Wildman–Crippen LogP) is 3.60. The van der Waals surface area contributed by atoms with E-state index in [1.165, 1.54) is 11.3 Å². The Bertz CT molecular complexity index is 1150. The molecule has 0 aliphatic carbocycles. The molecular weight excluding hydrogens is 438 g/mol. The van der Waals surface area contributed by atoms with Crippen LogP contribution in [0.15, 0.2) is 66.7 Å². The van der Waals surface area contributed by atoms with Crippen LogP contribution in [0.2, 0.25) is 0 Å². The second kappa shape index (κ2) is 10.4. The normalized spacial score (nSPS) is 14.6. The summed E-state index contributed by atoms with van der Waals surface area (Å²) < 4.78 is 0. The molecule has 3 amide bonds. The van der Waals surface area contributed by atoms with Crippen molar-refractivity contribution in [1.29, 1.82) is 0 Å². The first-order valence-electron chi connectivity index (χ1n) is 10.8. The summed E-state index contributed by atoms with van der Waals surface area (Å²) in [4.78, 5) is 40.1. The van der Waals surface area contributed by atoms with Gasteiger partial charge in [0.2, 0.25) is 5.91 Å². The highest BCUT2D eigenvalue weighted by Gasteiger charge is 2.21. The lowest BCUT2D eigenvalue weighted by molar-refractivity contribution is -0.136. The van der Waals surface area contributed by atoms with E-state index in [0.29, 0.717) is 24.3 Å². The van der Waals surface area contributed by atoms with Crippen molar-refractivity contribution in [1.82, 2.24) is 5.32 Å². The number of thiophene rings is 1. The van der Waals surface area contributed by atoms with Gasteiger partial charge >= 0.3 is 11.8 Å². The van der Waals surface area contributed by atoms with Crippen molar-refractivity contribution in [3.8, 4) is 0 Å². The molecule has 1 saturated heterocycles. The molecule has 2 aromatic carbocycles. The van der Waals surface area contributed by atoms with Crippen LogP contribution >= 0.6 is 11.3 Å². The maximum absolute atomic E-state index is 12.3. The fourth-order valence-corrected chi connectivity index (χ4v) is 4.67. The second-order valence-corrected chi connectivity index (χ2v) is 9.01. The number of nitrogens with zero attached hydrogens (tertiary/aromatic N) is 1. The SMILES string of the molecule is O=C(NCc1ccc(C(O)c2ccccc2)s1)C(=O)Nc1cccc(N2CCCCC2=O)c1. The van der Waals surface area contributed by atoms with Gasteiger partial charge in [-0.1, -0.05) is 36.4 Å². The van der Waals surface area contributed by atoms with Gasteiger partial charge in [-0.2, -0.15) is 0 Å². The van der Waals surface area contributed by atoms with Gasteiger partial charge < -0.3 is 20.6 Å². The lowest BCUT2D eigenvalue weighted by Crippen LogP contribution is -2.36. The largest absolute Gasteiger partial charge is 0.383 e. The Morgan fingerprint density at radius 1 is 1.00 bits per heavy atom. The summed E-state index contributed by atoms with van der Waals surface area (Å²) in [5, 5.41) is 15.7. The van der Waals surface area contributed by atoms with Gasteiger partial charge in [-0.05, 0) is 48.7 Å². The zero-order valence-corrected chi connectivity index (χ0v) is 18.8. The summed E-state index contributed by atoms with van der Waals surface area (Å²) in [6.45, 7) is 0.833. The fraction of sp³-hybridized carbons (Fsp3) is 0.240. The van der Waals surface area contributed by atoms with Gasteiger partial charge in [0.25, 0.3) is 0 Å². The smallest absolute Gasteiger partial charge is 0.313 e. The van der Waals surface area contributed by atoms with Crippen molar-refractivity contribution in [2.45, 2.75) is 31.9 Å². The summed E-state index contributed by atoms with van der Waals surface area (Å²) >= 11 is 1.38. The number of hydrogen-bond acceptors (Lipinski definition) is 5. The van der Waals surface area contributed by atoms with Crippen LogP contribution in [-0.4, -0.2) is 29.4 Å². The van der Waals surface area contributed by atoms with Gasteiger partial charge in [0, 0.05) is 34.1 Å². The quantitative estimate of drug-likeness (QED) is 0.487. The molecule has 1 unspecified atom stereocenters. The minimum Gasteiger partial charge on any atom is -0.383 e. The molecule has 1 fully saturated rings. The van der Waals surface area contributed by atoms with Crippen LogP contribution < -0.4 is 15.5 Å². The Kier molecular flexibility index (Phi) is 7.16. The van der Waals surface area contributed by atoms with E-state index in [0.717, 1.165) is 28.2 Å². The van der Waals surface area contributed by atoms with Crippen LogP contribution in [0.5, 0.6) is 0 Å². The highest BCUT2D eigenvalue weighted by molar-refractivity contribution is 7.12. The Hall–Kier alpha value is -3.49. The predicted molar refractivity (Wildman–Crippen MR) is 128 cm³/mol. The first-order valence-corrected chi connectivity index (χ1v) is 11.6. The lowest BCUT2D eigenvalue weighted by Gasteiger charge is -2.27. The number of rotatable bonds is 6. The highest BCUT2D eigenvalue weighted by atomic mass is 32.1. The number of hydrogen-bond donors (Lipinski definition) is 3. The molecule has 1 aliphatic heterocycles. The molecule has 1 atom stereocenters. The van der Waals surface area contributed by atoms with Gasteiger partial charge in [-0.25, -0.2) is 0 Å². The number of aliphatic hydroxyl groups is 1. The molecule has 8 heteroatoms. The molecule has 170 valence electrons. The van der Waals surface area contributed by atoms with E-state index >= 15 is 0 Å². The number of carbonyl (C=O) groups is 3. The van der Waals surface area contributed by atoms with Crippen LogP contribution in [0.4, 0.5) is 11.4 Å². The topological polar surface area (TPSA) is 98.7 Å². The third-order valence-corrected chi connectivity index (χ3v) is 6.57. The van der Waals surface area contributed by atoms with Gasteiger partial charge in [0.05, 0.1) is 6.54 Å². The van der Waals surface area contributed by atoms with Crippen LogP contribution in [0.3, 0.4) is 0 Å². The summed E-state index contributed by atoms with van der Waals surface area (Å²) in [6.07, 6.45) is 1.62. The Balaban J connectivity index is 1.32. The van der Waals surface area contributed by atoms with Crippen molar-refractivity contribution in [2.24, 2.45) is 0 Å².